The Balaban J connectivity index is 1.58. The molecule has 0 unspecified atom stereocenters. The zero-order valence-electron chi connectivity index (χ0n) is 14.9. The first-order chi connectivity index (χ1) is 12.2. The van der Waals surface area contributed by atoms with E-state index in [4.69, 9.17) is 4.74 Å². The van der Waals surface area contributed by atoms with Crippen molar-refractivity contribution in [2.75, 3.05) is 26.7 Å². The van der Waals surface area contributed by atoms with Crippen molar-refractivity contribution < 1.29 is 9.53 Å². The Morgan fingerprint density at radius 2 is 1.76 bits per heavy atom. The molecule has 0 aromatic heterocycles. The average molecular weight is 338 g/mol. The molecule has 1 aliphatic rings. The minimum atomic E-state index is 0.0532. The number of methoxy groups -OCH3 is 1. The molecule has 2 atom stereocenters. The standard InChI is InChI=1S/C21H26N2O2/c1-3-23-14-19(20(15-23)25-2)22-21(24)13-16-9-11-18(12-10-16)17-7-5-4-6-8-17/h4-12,19-20H,3,13-15H2,1-2H3,(H,22,24)/t19-,20-/m1/s1. The van der Waals surface area contributed by atoms with E-state index < -0.39 is 0 Å². The van der Waals surface area contributed by atoms with Crippen LogP contribution in [0.25, 0.3) is 11.1 Å². The topological polar surface area (TPSA) is 41.6 Å². The van der Waals surface area contributed by atoms with Gasteiger partial charge in [0.2, 0.25) is 5.91 Å². The summed E-state index contributed by atoms with van der Waals surface area (Å²) in [6.07, 6.45) is 0.470. The van der Waals surface area contributed by atoms with Gasteiger partial charge in [-0.1, -0.05) is 61.5 Å². The van der Waals surface area contributed by atoms with Gasteiger partial charge in [0.25, 0.3) is 0 Å². The number of carbonyl (C=O) groups is 1. The molecule has 1 N–H and O–H groups in total. The number of amides is 1. The summed E-state index contributed by atoms with van der Waals surface area (Å²) in [7, 11) is 1.71. The van der Waals surface area contributed by atoms with E-state index in [9.17, 15) is 4.79 Å². The highest BCUT2D eigenvalue weighted by molar-refractivity contribution is 5.79. The first-order valence-electron chi connectivity index (χ1n) is 8.88. The van der Waals surface area contributed by atoms with Crippen LogP contribution in [0, 0.1) is 0 Å². The molecule has 1 aliphatic heterocycles. The number of hydrogen-bond acceptors (Lipinski definition) is 3. The van der Waals surface area contributed by atoms with E-state index >= 15 is 0 Å². The third kappa shape index (κ3) is 4.47. The minimum Gasteiger partial charge on any atom is -0.378 e. The Morgan fingerprint density at radius 3 is 2.40 bits per heavy atom. The number of rotatable bonds is 6. The molecule has 2 aromatic rings. The largest absolute Gasteiger partial charge is 0.378 e. The number of likely N-dealkylation sites (N-methyl/N-ethyl adjacent to an activating group) is 1. The maximum atomic E-state index is 12.4. The Kier molecular flexibility index (Phi) is 5.84. The summed E-state index contributed by atoms with van der Waals surface area (Å²) in [5.74, 6) is 0.0532. The van der Waals surface area contributed by atoms with Crippen LogP contribution in [0.2, 0.25) is 0 Å². The summed E-state index contributed by atoms with van der Waals surface area (Å²) in [5, 5.41) is 3.13. The van der Waals surface area contributed by atoms with Crippen LogP contribution in [0.4, 0.5) is 0 Å². The first kappa shape index (κ1) is 17.6. The number of carbonyl (C=O) groups excluding carboxylic acids is 1. The van der Waals surface area contributed by atoms with Crippen LogP contribution in [0.15, 0.2) is 54.6 Å². The van der Waals surface area contributed by atoms with Crippen molar-refractivity contribution in [1.29, 1.82) is 0 Å². The summed E-state index contributed by atoms with van der Waals surface area (Å²) >= 11 is 0. The van der Waals surface area contributed by atoms with Crippen molar-refractivity contribution in [2.24, 2.45) is 0 Å². The van der Waals surface area contributed by atoms with Gasteiger partial charge in [-0.05, 0) is 23.2 Å². The van der Waals surface area contributed by atoms with Gasteiger partial charge < -0.3 is 10.1 Å². The molecule has 1 heterocycles. The van der Waals surface area contributed by atoms with Crippen molar-refractivity contribution in [3.05, 3.63) is 60.2 Å². The fourth-order valence-corrected chi connectivity index (χ4v) is 3.38. The number of ether oxygens (including phenoxy) is 1. The quantitative estimate of drug-likeness (QED) is 0.880. The van der Waals surface area contributed by atoms with Crippen LogP contribution in [0.1, 0.15) is 12.5 Å². The predicted molar refractivity (Wildman–Crippen MR) is 100 cm³/mol. The van der Waals surface area contributed by atoms with Crippen molar-refractivity contribution in [1.82, 2.24) is 10.2 Å². The Labute approximate surface area is 149 Å². The molecule has 0 aliphatic carbocycles. The minimum absolute atomic E-state index is 0.0532. The summed E-state index contributed by atoms with van der Waals surface area (Å²) in [4.78, 5) is 14.7. The number of hydrogen-bond donors (Lipinski definition) is 1. The molecule has 1 fully saturated rings. The lowest BCUT2D eigenvalue weighted by atomic mass is 10.0. The van der Waals surface area contributed by atoms with E-state index in [0.717, 1.165) is 25.2 Å². The predicted octanol–water partition coefficient (Wildman–Crippen LogP) is 2.73. The Bertz CT molecular complexity index is 685. The molecule has 3 rings (SSSR count). The van der Waals surface area contributed by atoms with E-state index in [1.54, 1.807) is 7.11 Å². The van der Waals surface area contributed by atoms with E-state index in [0.29, 0.717) is 6.42 Å². The third-order valence-electron chi connectivity index (χ3n) is 4.86. The van der Waals surface area contributed by atoms with Gasteiger partial charge in [0.1, 0.15) is 0 Å². The maximum Gasteiger partial charge on any atom is 0.224 e. The molecule has 0 bridgehead atoms. The lowest BCUT2D eigenvalue weighted by Crippen LogP contribution is -2.44. The second-order valence-corrected chi connectivity index (χ2v) is 6.54. The number of nitrogens with one attached hydrogen (secondary N) is 1. The van der Waals surface area contributed by atoms with Crippen molar-refractivity contribution in [3.63, 3.8) is 0 Å². The number of benzene rings is 2. The molecular formula is C21H26N2O2. The van der Waals surface area contributed by atoms with Crippen molar-refractivity contribution in [3.8, 4) is 11.1 Å². The molecule has 1 saturated heterocycles. The monoisotopic (exact) mass is 338 g/mol. The van der Waals surface area contributed by atoms with Gasteiger partial charge in [-0.15, -0.1) is 0 Å². The molecule has 0 saturated carbocycles. The molecule has 0 radical (unpaired) electrons. The smallest absolute Gasteiger partial charge is 0.224 e. The fraction of sp³-hybridized carbons (Fsp3) is 0.381. The SMILES string of the molecule is CCN1C[C@@H](NC(=O)Cc2ccc(-c3ccccc3)cc2)[C@H](OC)C1. The lowest BCUT2D eigenvalue weighted by molar-refractivity contribution is -0.121. The number of nitrogens with zero attached hydrogens (tertiary/aromatic N) is 1. The molecule has 2 aromatic carbocycles. The summed E-state index contributed by atoms with van der Waals surface area (Å²) in [5.41, 5.74) is 3.38. The second-order valence-electron chi connectivity index (χ2n) is 6.54. The highest BCUT2D eigenvalue weighted by Crippen LogP contribution is 2.19. The molecule has 0 spiro atoms. The molecule has 25 heavy (non-hydrogen) atoms. The van der Waals surface area contributed by atoms with Crippen LogP contribution in [-0.2, 0) is 16.0 Å². The molecule has 4 nitrogen and oxygen atoms in total. The van der Waals surface area contributed by atoms with E-state index in [1.807, 2.05) is 30.3 Å². The summed E-state index contributed by atoms with van der Waals surface area (Å²) in [6.45, 7) is 4.84. The van der Waals surface area contributed by atoms with Gasteiger partial charge in [-0.25, -0.2) is 0 Å². The highest BCUT2D eigenvalue weighted by Gasteiger charge is 2.32. The zero-order chi connectivity index (χ0) is 17.6. The van der Waals surface area contributed by atoms with Gasteiger partial charge in [0, 0.05) is 20.2 Å². The van der Waals surface area contributed by atoms with Crippen LogP contribution < -0.4 is 5.32 Å². The Hall–Kier alpha value is -2.17. The summed E-state index contributed by atoms with van der Waals surface area (Å²) < 4.78 is 5.52. The van der Waals surface area contributed by atoms with Crippen LogP contribution in [0.3, 0.4) is 0 Å². The van der Waals surface area contributed by atoms with E-state index in [1.165, 1.54) is 11.1 Å². The maximum absolute atomic E-state index is 12.4. The van der Waals surface area contributed by atoms with Gasteiger partial charge in [-0.3, -0.25) is 9.69 Å². The normalized spacial score (nSPS) is 20.6. The number of likely N-dealkylation sites (tertiary alicyclic amines) is 1. The lowest BCUT2D eigenvalue weighted by Gasteiger charge is -2.18. The fourth-order valence-electron chi connectivity index (χ4n) is 3.38. The molecule has 1 amide bonds. The van der Waals surface area contributed by atoms with Gasteiger partial charge in [-0.2, -0.15) is 0 Å². The molecular weight excluding hydrogens is 312 g/mol. The third-order valence-corrected chi connectivity index (χ3v) is 4.86. The van der Waals surface area contributed by atoms with Gasteiger partial charge in [0.15, 0.2) is 0 Å². The van der Waals surface area contributed by atoms with Gasteiger partial charge >= 0.3 is 0 Å². The Morgan fingerprint density at radius 1 is 1.08 bits per heavy atom. The van der Waals surface area contributed by atoms with Crippen LogP contribution in [-0.4, -0.2) is 49.7 Å². The highest BCUT2D eigenvalue weighted by atomic mass is 16.5. The zero-order valence-corrected chi connectivity index (χ0v) is 14.9. The van der Waals surface area contributed by atoms with Gasteiger partial charge in [0.05, 0.1) is 18.6 Å². The van der Waals surface area contributed by atoms with E-state index in [-0.39, 0.29) is 18.1 Å². The average Bonchev–Trinajstić information content (AvgIpc) is 3.05. The molecule has 132 valence electrons. The van der Waals surface area contributed by atoms with Crippen LogP contribution in [0.5, 0.6) is 0 Å². The molecule has 4 heteroatoms. The van der Waals surface area contributed by atoms with Crippen molar-refractivity contribution >= 4 is 5.91 Å². The second kappa shape index (κ2) is 8.28. The first-order valence-corrected chi connectivity index (χ1v) is 8.88. The van der Waals surface area contributed by atoms with E-state index in [2.05, 4.69) is 41.4 Å². The van der Waals surface area contributed by atoms with Crippen molar-refractivity contribution in [2.45, 2.75) is 25.5 Å². The summed E-state index contributed by atoms with van der Waals surface area (Å²) in [6, 6.07) is 18.5. The van der Waals surface area contributed by atoms with Crippen LogP contribution >= 0.6 is 0 Å².